The van der Waals surface area contributed by atoms with Crippen LogP contribution >= 0.6 is 0 Å². The van der Waals surface area contributed by atoms with Crippen molar-refractivity contribution < 1.29 is 33.6 Å². The molecular weight excluding hydrogens is 316 g/mol. The van der Waals surface area contributed by atoms with Gasteiger partial charge in [-0.25, -0.2) is 4.79 Å². The molecule has 132 valence electrons. The summed E-state index contributed by atoms with van der Waals surface area (Å²) in [5.74, 6) is -1.42. The Morgan fingerprint density at radius 1 is 1.21 bits per heavy atom. The van der Waals surface area contributed by atoms with Gasteiger partial charge in [-0.2, -0.15) is 0 Å². The molecule has 2 fully saturated rings. The van der Waals surface area contributed by atoms with Gasteiger partial charge < -0.3 is 28.8 Å². The van der Waals surface area contributed by atoms with E-state index in [9.17, 15) is 9.90 Å². The van der Waals surface area contributed by atoms with Gasteiger partial charge in [-0.1, -0.05) is 18.2 Å². The first-order valence-electron chi connectivity index (χ1n) is 7.85. The molecule has 2 aliphatic heterocycles. The number of carbonyl (C=O) groups is 1. The zero-order valence-electron chi connectivity index (χ0n) is 13.9. The third-order valence-corrected chi connectivity index (χ3v) is 4.05. The molecule has 0 spiro atoms. The van der Waals surface area contributed by atoms with Crippen LogP contribution in [0.15, 0.2) is 30.3 Å². The lowest BCUT2D eigenvalue weighted by Gasteiger charge is -2.29. The van der Waals surface area contributed by atoms with Crippen molar-refractivity contribution in [2.45, 2.75) is 50.3 Å². The molecule has 5 atom stereocenters. The quantitative estimate of drug-likeness (QED) is 0.826. The second-order valence-electron chi connectivity index (χ2n) is 6.31. The van der Waals surface area contributed by atoms with E-state index in [1.807, 2.05) is 6.07 Å². The van der Waals surface area contributed by atoms with Crippen molar-refractivity contribution in [3.05, 3.63) is 35.9 Å². The average molecular weight is 338 g/mol. The maximum Gasteiger partial charge on any atom is 0.338 e. The minimum absolute atomic E-state index is 0.00149. The van der Waals surface area contributed by atoms with E-state index in [0.717, 1.165) is 0 Å². The van der Waals surface area contributed by atoms with Crippen LogP contribution in [0.25, 0.3) is 0 Å². The molecule has 7 nitrogen and oxygen atoms in total. The molecule has 2 saturated heterocycles. The molecule has 3 rings (SSSR count). The Bertz CT molecular complexity index is 574. The molecule has 0 amide bonds. The molecule has 1 aromatic carbocycles. The third-order valence-electron chi connectivity index (χ3n) is 4.05. The number of aliphatic hydroxyl groups is 1. The van der Waals surface area contributed by atoms with Crippen molar-refractivity contribution in [1.82, 2.24) is 0 Å². The lowest BCUT2D eigenvalue weighted by molar-refractivity contribution is -0.222. The molecule has 1 N–H and O–H groups in total. The lowest BCUT2D eigenvalue weighted by atomic mass is 10.0. The maximum atomic E-state index is 12.4. The van der Waals surface area contributed by atoms with Crippen LogP contribution in [0.1, 0.15) is 24.2 Å². The van der Waals surface area contributed by atoms with Crippen LogP contribution in [-0.4, -0.2) is 61.3 Å². The van der Waals surface area contributed by atoms with Crippen molar-refractivity contribution in [2.75, 3.05) is 13.7 Å². The van der Waals surface area contributed by atoms with Gasteiger partial charge in [-0.3, -0.25) is 0 Å². The lowest BCUT2D eigenvalue weighted by Crippen LogP contribution is -2.47. The largest absolute Gasteiger partial charge is 0.450 e. The van der Waals surface area contributed by atoms with Gasteiger partial charge in [0.2, 0.25) is 0 Å². The van der Waals surface area contributed by atoms with Gasteiger partial charge in [0.25, 0.3) is 0 Å². The standard InChI is InChI=1S/C17H22O7/c1-17(2)23-12-11(18)9-21-16(20-3)14(13(12)24-17)22-15(19)10-7-5-4-6-8-10/h4-8,11-14,16,18H,9H2,1-3H3/t11-,12-,13+,14-,16-/m1/s1. The molecule has 0 bridgehead atoms. The summed E-state index contributed by atoms with van der Waals surface area (Å²) in [7, 11) is 1.45. The third kappa shape index (κ3) is 3.45. The second kappa shape index (κ2) is 6.78. The Balaban J connectivity index is 1.85. The van der Waals surface area contributed by atoms with E-state index >= 15 is 0 Å². The molecular formula is C17H22O7. The van der Waals surface area contributed by atoms with E-state index in [4.69, 9.17) is 23.7 Å². The number of esters is 1. The number of hydrogen-bond acceptors (Lipinski definition) is 7. The number of fused-ring (bicyclic) bond motifs is 1. The fourth-order valence-electron chi connectivity index (χ4n) is 3.00. The van der Waals surface area contributed by atoms with Crippen LogP contribution in [0.3, 0.4) is 0 Å². The van der Waals surface area contributed by atoms with Crippen LogP contribution < -0.4 is 0 Å². The van der Waals surface area contributed by atoms with Gasteiger partial charge in [0.15, 0.2) is 18.2 Å². The highest BCUT2D eigenvalue weighted by Crippen LogP contribution is 2.36. The predicted molar refractivity (Wildman–Crippen MR) is 82.2 cm³/mol. The van der Waals surface area contributed by atoms with Crippen LogP contribution in [0.4, 0.5) is 0 Å². The van der Waals surface area contributed by atoms with Crippen LogP contribution in [0.2, 0.25) is 0 Å². The highest BCUT2D eigenvalue weighted by Gasteiger charge is 2.54. The first-order chi connectivity index (χ1) is 11.4. The Morgan fingerprint density at radius 3 is 2.54 bits per heavy atom. The smallest absolute Gasteiger partial charge is 0.338 e. The molecule has 1 aromatic rings. The van der Waals surface area contributed by atoms with E-state index in [2.05, 4.69) is 0 Å². The zero-order chi connectivity index (χ0) is 17.3. The number of carbonyl (C=O) groups excluding carboxylic acids is 1. The van der Waals surface area contributed by atoms with Gasteiger partial charge in [0.1, 0.15) is 18.3 Å². The van der Waals surface area contributed by atoms with E-state index in [-0.39, 0.29) is 6.61 Å². The number of rotatable bonds is 3. The molecule has 7 heteroatoms. The Hall–Kier alpha value is -1.51. The van der Waals surface area contributed by atoms with Crippen LogP contribution in [-0.2, 0) is 23.7 Å². The fraction of sp³-hybridized carbons (Fsp3) is 0.588. The highest BCUT2D eigenvalue weighted by atomic mass is 16.8. The van der Waals surface area contributed by atoms with Gasteiger partial charge in [-0.15, -0.1) is 0 Å². The van der Waals surface area contributed by atoms with Crippen molar-refractivity contribution in [3.8, 4) is 0 Å². The summed E-state index contributed by atoms with van der Waals surface area (Å²) in [6.45, 7) is 3.48. The second-order valence-corrected chi connectivity index (χ2v) is 6.31. The minimum Gasteiger partial charge on any atom is -0.450 e. The Morgan fingerprint density at radius 2 is 1.88 bits per heavy atom. The monoisotopic (exact) mass is 338 g/mol. The minimum atomic E-state index is -0.908. The Kier molecular flexibility index (Phi) is 4.89. The van der Waals surface area contributed by atoms with Gasteiger partial charge in [0.05, 0.1) is 12.2 Å². The van der Waals surface area contributed by atoms with Crippen molar-refractivity contribution in [3.63, 3.8) is 0 Å². The van der Waals surface area contributed by atoms with Crippen molar-refractivity contribution >= 4 is 5.97 Å². The maximum absolute atomic E-state index is 12.4. The number of hydrogen-bond donors (Lipinski definition) is 1. The topological polar surface area (TPSA) is 83.5 Å². The Labute approximate surface area is 140 Å². The van der Waals surface area contributed by atoms with E-state index in [0.29, 0.717) is 5.56 Å². The van der Waals surface area contributed by atoms with Crippen LogP contribution in [0, 0.1) is 0 Å². The van der Waals surface area contributed by atoms with E-state index in [1.165, 1.54) is 7.11 Å². The van der Waals surface area contributed by atoms with E-state index < -0.39 is 42.5 Å². The van der Waals surface area contributed by atoms with Crippen molar-refractivity contribution in [2.24, 2.45) is 0 Å². The summed E-state index contributed by atoms with van der Waals surface area (Å²) in [5.41, 5.74) is 0.409. The van der Waals surface area contributed by atoms with Gasteiger partial charge >= 0.3 is 5.97 Å². The number of ether oxygens (including phenoxy) is 5. The summed E-state index contributed by atoms with van der Waals surface area (Å²) in [6.07, 6.45) is -4.01. The molecule has 2 heterocycles. The number of methoxy groups -OCH3 is 1. The van der Waals surface area contributed by atoms with Crippen LogP contribution in [0.5, 0.6) is 0 Å². The summed E-state index contributed by atoms with van der Waals surface area (Å²) >= 11 is 0. The van der Waals surface area contributed by atoms with E-state index in [1.54, 1.807) is 38.1 Å². The zero-order valence-corrected chi connectivity index (χ0v) is 13.9. The van der Waals surface area contributed by atoms with Crippen molar-refractivity contribution in [1.29, 1.82) is 0 Å². The molecule has 0 aromatic heterocycles. The molecule has 24 heavy (non-hydrogen) atoms. The summed E-state index contributed by atoms with van der Waals surface area (Å²) < 4.78 is 28.0. The first-order valence-corrected chi connectivity index (χ1v) is 7.85. The summed E-state index contributed by atoms with van der Waals surface area (Å²) in [6, 6.07) is 8.62. The summed E-state index contributed by atoms with van der Waals surface area (Å²) in [5, 5.41) is 10.2. The molecule has 0 aliphatic carbocycles. The SMILES string of the molecule is CO[C@@H]1OC[C@@H](O)[C@H]2OC(C)(C)O[C@@H]2[C@H]1OC(=O)c1ccccc1. The summed E-state index contributed by atoms with van der Waals surface area (Å²) in [4.78, 5) is 12.4. The molecule has 2 aliphatic rings. The highest BCUT2D eigenvalue weighted by molar-refractivity contribution is 5.89. The first kappa shape index (κ1) is 17.3. The molecule has 0 unspecified atom stereocenters. The molecule has 0 radical (unpaired) electrons. The number of aliphatic hydroxyl groups excluding tert-OH is 1. The predicted octanol–water partition coefficient (Wildman–Crippen LogP) is 1.10. The van der Waals surface area contributed by atoms with Gasteiger partial charge in [-0.05, 0) is 26.0 Å². The number of benzene rings is 1. The van der Waals surface area contributed by atoms with Gasteiger partial charge in [0, 0.05) is 7.11 Å². The fourth-order valence-corrected chi connectivity index (χ4v) is 3.00. The normalized spacial score (nSPS) is 35.1. The average Bonchev–Trinajstić information content (AvgIpc) is 2.84. The molecule has 0 saturated carbocycles.